The van der Waals surface area contributed by atoms with Gasteiger partial charge in [-0.05, 0) is 220 Å². The zero-order chi connectivity index (χ0) is 78.8. The van der Waals surface area contributed by atoms with E-state index in [1.807, 2.05) is 20.2 Å². The SMILES string of the molecule is CN(C)C[C@]1(F)CCCC[C@@]1(O)c1ccc(Cl)c(Cl)c1.CNC[C@]1(F)CCCC[C@@]1(O)c1ccc(Cl)c(Cl)c1.ClCCl.Clc1c[c-]ccc1Cl.N#CC1(F)CCCCC1=O.N#CC1CCCCC1=O.N#C[C@]1(F)CCCC[C@@]1(O)c1ccc(Cl)c(Cl)c1.NC[C@]1(F)CCCC[C@@]1(O)c1ccc(Cl)c(Cl)c1.[Br-].[H-].[Mg+2].[Na+]. The maximum Gasteiger partial charge on any atom is 2.00 e. The molecule has 108 heavy (non-hydrogen) atoms. The van der Waals surface area contributed by atoms with Crippen molar-refractivity contribution in [3.8, 4) is 18.2 Å². The van der Waals surface area contributed by atoms with Crippen LogP contribution in [0.1, 0.15) is 178 Å². The molecule has 0 saturated heterocycles. The summed E-state index contributed by atoms with van der Waals surface area (Å²) < 4.78 is 73.0. The third kappa shape index (κ3) is 27.6. The molecule has 0 aliphatic heterocycles. The summed E-state index contributed by atoms with van der Waals surface area (Å²) in [6.07, 6.45) is 13.4. The molecular formula is C76H89BrCl12F5MgN6NaO6. The first-order valence-corrected chi connectivity index (χ1v) is 39.0. The molecule has 6 fully saturated rings. The number of ketones is 2. The van der Waals surface area contributed by atoms with Crippen molar-refractivity contribution in [2.45, 2.75) is 205 Å². The molecule has 0 spiro atoms. The van der Waals surface area contributed by atoms with Crippen LogP contribution in [0.15, 0.2) is 91.0 Å². The number of nitrogens with zero attached hydrogens (tertiary/aromatic N) is 4. The molecule has 0 radical (unpaired) electrons. The fraction of sp³-hybridized carbons (Fsp3) is 0.539. The molecule has 6 saturated carbocycles. The van der Waals surface area contributed by atoms with Crippen LogP contribution < -0.4 is 57.6 Å². The van der Waals surface area contributed by atoms with E-state index in [4.69, 9.17) is 161 Å². The van der Waals surface area contributed by atoms with E-state index in [0.717, 1.165) is 64.2 Å². The zero-order valence-electron chi connectivity index (χ0n) is 61.5. The van der Waals surface area contributed by atoms with Crippen molar-refractivity contribution in [3.63, 3.8) is 0 Å². The number of carbonyl (C=O) groups excluding carboxylic acids is 2. The van der Waals surface area contributed by atoms with Crippen LogP contribution in [0.4, 0.5) is 22.0 Å². The minimum Gasteiger partial charge on any atom is -1.00 e. The van der Waals surface area contributed by atoms with Gasteiger partial charge in [-0.1, -0.05) is 134 Å². The van der Waals surface area contributed by atoms with E-state index in [2.05, 4.69) is 11.4 Å². The van der Waals surface area contributed by atoms with Crippen molar-refractivity contribution >= 4 is 174 Å². The molecule has 2 unspecified atom stereocenters. The maximum absolute atomic E-state index is 15.4. The number of hydrogen-bond donors (Lipinski definition) is 6. The molecule has 5 aromatic rings. The van der Waals surface area contributed by atoms with E-state index in [1.165, 1.54) is 30.3 Å². The van der Waals surface area contributed by atoms with Crippen LogP contribution in [0.2, 0.25) is 50.2 Å². The number of nitrogens with two attached hydrogens (primary N) is 1. The second kappa shape index (κ2) is 48.6. The fourth-order valence-corrected chi connectivity index (χ4v) is 15.1. The molecule has 0 aromatic heterocycles. The Bertz CT molecular complexity index is 3820. The van der Waals surface area contributed by atoms with Crippen LogP contribution in [0, 0.1) is 46.0 Å². The molecule has 0 bridgehead atoms. The Hall–Kier alpha value is -0.994. The van der Waals surface area contributed by atoms with Crippen molar-refractivity contribution < 1.29 is 99.9 Å². The molecule has 588 valence electrons. The average molecular weight is 1830 g/mol. The molecule has 0 amide bonds. The first-order valence-electron chi connectivity index (χ1n) is 34.2. The molecular weight excluding hydrogens is 1740 g/mol. The van der Waals surface area contributed by atoms with Gasteiger partial charge >= 0.3 is 52.6 Å². The number of aliphatic hydroxyl groups is 4. The molecule has 11 rings (SSSR count). The van der Waals surface area contributed by atoms with E-state index in [-0.39, 0.29) is 145 Å². The van der Waals surface area contributed by atoms with Gasteiger partial charge in [0, 0.05) is 38.9 Å². The fourth-order valence-electron chi connectivity index (χ4n) is 13.7. The number of rotatable bonds is 9. The average Bonchev–Trinajstić information content (AvgIpc) is 0.766. The number of nitrogens with one attached hydrogen (secondary N) is 1. The van der Waals surface area contributed by atoms with Crippen LogP contribution in [0.3, 0.4) is 0 Å². The predicted octanol–water partition coefficient (Wildman–Crippen LogP) is 15.7. The van der Waals surface area contributed by atoms with Crippen LogP contribution >= 0.6 is 139 Å². The van der Waals surface area contributed by atoms with Gasteiger partial charge in [0.25, 0.3) is 5.67 Å². The smallest absolute Gasteiger partial charge is 1.00 e. The third-order valence-electron chi connectivity index (χ3n) is 19.7. The van der Waals surface area contributed by atoms with Crippen molar-refractivity contribution in [1.29, 1.82) is 15.8 Å². The Kier molecular flexibility index (Phi) is 47.3. The van der Waals surface area contributed by atoms with E-state index < -0.39 is 56.5 Å². The second-order valence-electron chi connectivity index (χ2n) is 26.9. The topological polar surface area (TPSA) is 228 Å². The van der Waals surface area contributed by atoms with Crippen LogP contribution in [0.25, 0.3) is 0 Å². The molecule has 0 heterocycles. The van der Waals surface area contributed by atoms with Gasteiger partial charge < -0.3 is 54.8 Å². The third-order valence-corrected chi connectivity index (χ3v) is 23.4. The second-order valence-corrected chi connectivity index (χ2v) is 31.8. The monoisotopic (exact) mass is 1820 g/mol. The Morgan fingerprint density at radius 1 is 0.519 bits per heavy atom. The Morgan fingerprint density at radius 3 is 1.21 bits per heavy atom. The van der Waals surface area contributed by atoms with Gasteiger partial charge in [0.15, 0.2) is 22.8 Å². The Balaban J connectivity index is 0.00000126. The van der Waals surface area contributed by atoms with Gasteiger partial charge in [-0.3, -0.25) is 9.59 Å². The van der Waals surface area contributed by atoms with Gasteiger partial charge in [-0.15, -0.1) is 34.8 Å². The van der Waals surface area contributed by atoms with Crippen molar-refractivity contribution in [1.82, 2.24) is 10.2 Å². The summed E-state index contributed by atoms with van der Waals surface area (Å²) in [7, 11) is 5.31. The normalized spacial score (nSPS) is 28.2. The van der Waals surface area contributed by atoms with Crippen LogP contribution in [-0.2, 0) is 32.0 Å². The summed E-state index contributed by atoms with van der Waals surface area (Å²) in [6, 6.07) is 31.7. The standard InChI is InChI=1S/C15H20Cl2FNO.C14H18Cl2FNO.C13H16Cl2FNO.C13H12Cl2FNO.C7H8FNO.C7H9NO.C6H3Cl2.CH2Cl2.BrH.Mg.Na.H/c1-19(2)10-14(18)7-3-4-8-15(14,20)11-5-6-12(16)13(17)9-11;1-18-9-13(17)6-2-3-7-14(13,19)10-4-5-11(15)12(16)8-10;2*14-10-4-3-9(7-11(10)15)13(18)6-2-1-5-12(13,16)8-17;8-7(5-9)4-2-1-3-6(7)10;8-5-6-3-1-2-4-7(6)9;7-5-3-1-2-4-6(5)8;2-1-3;;;;/h5-6,9,20H,3-4,7-8,10H2,1-2H3;4-5,8,18-19H,2-3,6-7,9H2,1H3;3-4,7,18H,1-2,5-6,8,17H2;3-4,7,18H,1-2,5-6H2;1-4H2;6H,1-4H2;1,3-4H;1H2;1H;;;/q;;;;;;-1;;;+2;+1;-1/p-1/t14-,15-;13-,14-;2*12-,13-;;;;;;;;/m1111......../s1. The Morgan fingerprint density at radius 2 is 0.880 bits per heavy atom. The number of benzene rings is 5. The summed E-state index contributed by atoms with van der Waals surface area (Å²) in [6.45, 7) is 0.0945. The number of carbonyl (C=O) groups is 2. The molecule has 7 N–H and O–H groups in total. The minimum atomic E-state index is -2.28. The van der Waals surface area contributed by atoms with Crippen LogP contribution in [0.5, 0.6) is 0 Å². The Labute approximate surface area is 742 Å². The first kappa shape index (κ1) is 105. The zero-order valence-corrected chi connectivity index (χ0v) is 74.6. The van der Waals surface area contributed by atoms with Crippen LogP contribution in [-0.4, -0.2) is 134 Å². The van der Waals surface area contributed by atoms with E-state index in [0.29, 0.717) is 125 Å². The largest absolute Gasteiger partial charge is 2.00 e. The van der Waals surface area contributed by atoms with Crippen molar-refractivity contribution in [2.24, 2.45) is 11.7 Å². The van der Waals surface area contributed by atoms with Gasteiger partial charge in [0.05, 0.1) is 51.6 Å². The summed E-state index contributed by atoms with van der Waals surface area (Å²) >= 11 is 67.9. The molecule has 32 heteroatoms. The first-order chi connectivity index (χ1) is 49.3. The minimum absolute atomic E-state index is 0. The van der Waals surface area contributed by atoms with Gasteiger partial charge in [-0.2, -0.15) is 51.7 Å². The quantitative estimate of drug-likeness (QED) is 0.0351. The van der Waals surface area contributed by atoms with Gasteiger partial charge in [0.1, 0.15) is 46.2 Å². The molecule has 5 aromatic carbocycles. The van der Waals surface area contributed by atoms with E-state index in [1.54, 1.807) is 84.7 Å². The summed E-state index contributed by atoms with van der Waals surface area (Å²) in [5, 5.41) is 75.8. The van der Waals surface area contributed by atoms with Gasteiger partial charge in [-0.25, -0.2) is 22.0 Å². The van der Waals surface area contributed by atoms with Gasteiger partial charge in [0.2, 0.25) is 5.67 Å². The number of Topliss-reactive ketones (excluding diaryl/α,β-unsaturated/α-hetero) is 2. The maximum atomic E-state index is 15.4. The van der Waals surface area contributed by atoms with E-state index >= 15 is 8.78 Å². The number of nitriles is 3. The number of hydrogen-bond acceptors (Lipinski definition) is 12. The van der Waals surface area contributed by atoms with Crippen molar-refractivity contribution in [2.75, 3.05) is 46.1 Å². The number of alkyl halides is 7. The molecule has 10 atom stereocenters. The summed E-state index contributed by atoms with van der Waals surface area (Å²) in [5.74, 6) is -0.677. The molecule has 6 aliphatic rings. The predicted molar refractivity (Wildman–Crippen MR) is 422 cm³/mol. The molecule has 12 nitrogen and oxygen atoms in total. The summed E-state index contributed by atoms with van der Waals surface area (Å²) in [5.41, 5.74) is -8.71. The van der Waals surface area contributed by atoms with Crippen molar-refractivity contribution in [3.05, 3.63) is 170 Å². The number of halogens is 18. The van der Waals surface area contributed by atoms with E-state index in [9.17, 15) is 43.2 Å². The summed E-state index contributed by atoms with van der Waals surface area (Å²) in [4.78, 5) is 23.3. The molecule has 6 aliphatic carbocycles.